The van der Waals surface area contributed by atoms with E-state index in [1.54, 1.807) is 12.5 Å². The average molecular weight is 346 g/mol. The fraction of sp³-hybridized carbons (Fsp3) is 0.750. The van der Waals surface area contributed by atoms with Gasteiger partial charge in [0, 0.05) is 17.4 Å². The third kappa shape index (κ3) is 1.53. The van der Waals surface area contributed by atoms with Crippen LogP contribution < -0.4 is 0 Å². The van der Waals surface area contributed by atoms with E-state index in [0.717, 1.165) is 24.8 Å². The highest BCUT2D eigenvalue weighted by Gasteiger charge is 2.89. The third-order valence-electron chi connectivity index (χ3n) is 8.13. The van der Waals surface area contributed by atoms with Crippen LogP contribution in [0, 0.1) is 16.7 Å². The van der Waals surface area contributed by atoms with Crippen LogP contribution >= 0.6 is 0 Å². The molecular weight excluding hydrogens is 320 g/mol. The molecule has 1 aromatic rings. The molecule has 5 heteroatoms. The van der Waals surface area contributed by atoms with Crippen molar-refractivity contribution in [1.82, 2.24) is 0 Å². The number of carbonyl (C=O) groups excluding carboxylic acids is 1. The van der Waals surface area contributed by atoms with Crippen LogP contribution in [0.15, 0.2) is 23.0 Å². The summed E-state index contributed by atoms with van der Waals surface area (Å²) in [5.41, 5.74) is -0.956. The number of hydrogen-bond acceptors (Lipinski definition) is 5. The van der Waals surface area contributed by atoms with Gasteiger partial charge in [-0.2, -0.15) is 0 Å². The SMILES string of the molecule is C[C@@H]1CC[C@@]23O[C@@]2(CC[C@@H](O)C3(C)C)[C@@]12C[C@@H](c1ccoc1)OC2=O. The Balaban J connectivity index is 1.60. The van der Waals surface area contributed by atoms with Gasteiger partial charge in [-0.25, -0.2) is 0 Å². The van der Waals surface area contributed by atoms with Gasteiger partial charge in [-0.1, -0.05) is 20.8 Å². The number of epoxide rings is 1. The number of carbonyl (C=O) groups is 1. The van der Waals surface area contributed by atoms with E-state index in [1.807, 2.05) is 6.07 Å². The Labute approximate surface area is 147 Å². The van der Waals surface area contributed by atoms with Crippen molar-refractivity contribution in [1.29, 1.82) is 0 Å². The van der Waals surface area contributed by atoms with Gasteiger partial charge in [0.25, 0.3) is 0 Å². The molecule has 2 aliphatic heterocycles. The Bertz CT molecular complexity index is 724. The number of ether oxygens (including phenoxy) is 2. The molecule has 0 bridgehead atoms. The summed E-state index contributed by atoms with van der Waals surface area (Å²) < 4.78 is 17.6. The van der Waals surface area contributed by atoms with Crippen molar-refractivity contribution in [3.05, 3.63) is 24.2 Å². The lowest BCUT2D eigenvalue weighted by Crippen LogP contribution is -2.62. The summed E-state index contributed by atoms with van der Waals surface area (Å²) in [5, 5.41) is 10.6. The van der Waals surface area contributed by atoms with Crippen LogP contribution in [0.3, 0.4) is 0 Å². The minimum atomic E-state index is -0.620. The van der Waals surface area contributed by atoms with Crippen molar-refractivity contribution >= 4 is 5.97 Å². The largest absolute Gasteiger partial charge is 0.472 e. The summed E-state index contributed by atoms with van der Waals surface area (Å²) in [6.07, 6.45) is 6.50. The van der Waals surface area contributed by atoms with Crippen molar-refractivity contribution < 1.29 is 23.8 Å². The van der Waals surface area contributed by atoms with Gasteiger partial charge in [0.15, 0.2) is 0 Å². The first-order chi connectivity index (χ1) is 11.8. The number of rotatable bonds is 1. The fourth-order valence-electron chi connectivity index (χ4n) is 6.49. The summed E-state index contributed by atoms with van der Waals surface area (Å²) >= 11 is 0. The number of furan rings is 1. The van der Waals surface area contributed by atoms with Crippen molar-refractivity contribution in [3.63, 3.8) is 0 Å². The minimum Gasteiger partial charge on any atom is -0.472 e. The molecule has 1 spiro atoms. The van der Waals surface area contributed by atoms with E-state index in [2.05, 4.69) is 20.8 Å². The van der Waals surface area contributed by atoms with E-state index >= 15 is 0 Å². The maximum Gasteiger partial charge on any atom is 0.316 e. The van der Waals surface area contributed by atoms with Crippen LogP contribution in [0.1, 0.15) is 64.5 Å². The van der Waals surface area contributed by atoms with Gasteiger partial charge in [0.05, 0.1) is 18.6 Å². The third-order valence-corrected chi connectivity index (χ3v) is 8.13. The Kier molecular flexibility index (Phi) is 2.86. The molecule has 6 atom stereocenters. The van der Waals surface area contributed by atoms with Crippen molar-refractivity contribution in [3.8, 4) is 0 Å². The molecule has 1 aromatic heterocycles. The zero-order valence-electron chi connectivity index (χ0n) is 15.1. The zero-order chi connectivity index (χ0) is 17.7. The smallest absolute Gasteiger partial charge is 0.316 e. The molecule has 3 heterocycles. The van der Waals surface area contributed by atoms with E-state index in [-0.39, 0.29) is 23.4 Å². The Morgan fingerprint density at radius 2 is 1.96 bits per heavy atom. The number of hydrogen-bond donors (Lipinski definition) is 1. The first-order valence-electron chi connectivity index (χ1n) is 9.42. The number of cyclic esters (lactones) is 1. The number of esters is 1. The van der Waals surface area contributed by atoms with E-state index in [0.29, 0.717) is 12.8 Å². The second-order valence-corrected chi connectivity index (χ2v) is 9.10. The van der Waals surface area contributed by atoms with Crippen LogP contribution in [-0.2, 0) is 14.3 Å². The summed E-state index contributed by atoms with van der Waals surface area (Å²) in [7, 11) is 0. The lowest BCUT2D eigenvalue weighted by Gasteiger charge is -2.52. The van der Waals surface area contributed by atoms with Gasteiger partial charge in [0.2, 0.25) is 0 Å². The highest BCUT2D eigenvalue weighted by atomic mass is 16.6. The molecule has 4 fully saturated rings. The van der Waals surface area contributed by atoms with Crippen LogP contribution in [-0.4, -0.2) is 28.4 Å². The second-order valence-electron chi connectivity index (χ2n) is 9.10. The highest BCUT2D eigenvalue weighted by Crippen LogP contribution is 2.79. The summed E-state index contributed by atoms with van der Waals surface area (Å²) in [5.74, 6) is 0.0820. The molecule has 0 radical (unpaired) electrons. The molecule has 1 N–H and O–H groups in total. The van der Waals surface area contributed by atoms with Crippen LogP contribution in [0.5, 0.6) is 0 Å². The Hall–Kier alpha value is -1.33. The normalized spacial score (nSPS) is 50.2. The van der Waals surface area contributed by atoms with E-state index in [4.69, 9.17) is 13.9 Å². The lowest BCUT2D eigenvalue weighted by atomic mass is 9.47. The lowest BCUT2D eigenvalue weighted by molar-refractivity contribution is -0.159. The van der Waals surface area contributed by atoms with Crippen LogP contribution in [0.4, 0.5) is 0 Å². The molecule has 2 saturated carbocycles. The first kappa shape index (κ1) is 15.9. The fourth-order valence-corrected chi connectivity index (χ4v) is 6.49. The van der Waals surface area contributed by atoms with Gasteiger partial charge in [-0.15, -0.1) is 0 Å². The summed E-state index contributed by atoms with van der Waals surface area (Å²) in [6.45, 7) is 6.35. The summed E-state index contributed by atoms with van der Waals surface area (Å²) in [4.78, 5) is 13.2. The summed E-state index contributed by atoms with van der Waals surface area (Å²) in [6, 6.07) is 1.87. The van der Waals surface area contributed by atoms with E-state index in [1.165, 1.54) is 0 Å². The number of aliphatic hydroxyl groups is 1. The molecule has 5 rings (SSSR count). The molecule has 2 saturated heterocycles. The van der Waals surface area contributed by atoms with Crippen LogP contribution in [0.25, 0.3) is 0 Å². The van der Waals surface area contributed by atoms with Crippen molar-refractivity contribution in [2.45, 2.75) is 76.3 Å². The predicted molar refractivity (Wildman–Crippen MR) is 88.6 cm³/mol. The standard InChI is InChI=1S/C20H26O5/c1-12-4-7-19-17(2,3)15(21)5-8-20(19,25-19)18(12)10-14(24-16(18)22)13-6-9-23-11-13/h6,9,11-12,14-15,21H,4-5,7-8,10H2,1-3H3/t12-,14+,15-,18+,19+,20+/m1/s1. The minimum absolute atomic E-state index is 0.125. The molecular formula is C20H26O5. The Morgan fingerprint density at radius 1 is 1.20 bits per heavy atom. The maximum atomic E-state index is 13.2. The molecule has 25 heavy (non-hydrogen) atoms. The Morgan fingerprint density at radius 3 is 2.68 bits per heavy atom. The van der Waals surface area contributed by atoms with Crippen molar-refractivity contribution in [2.75, 3.05) is 0 Å². The van der Waals surface area contributed by atoms with Gasteiger partial charge in [0.1, 0.15) is 22.7 Å². The molecule has 0 unspecified atom stereocenters. The zero-order valence-corrected chi connectivity index (χ0v) is 15.1. The van der Waals surface area contributed by atoms with Crippen molar-refractivity contribution in [2.24, 2.45) is 16.7 Å². The molecule has 0 aromatic carbocycles. The van der Waals surface area contributed by atoms with Gasteiger partial charge in [-0.05, 0) is 37.7 Å². The maximum absolute atomic E-state index is 13.2. The van der Waals surface area contributed by atoms with Gasteiger partial charge < -0.3 is 19.0 Å². The average Bonchev–Trinajstić information content (AvgIpc) is 2.89. The molecule has 4 aliphatic rings. The molecule has 2 aliphatic carbocycles. The molecule has 5 nitrogen and oxygen atoms in total. The van der Waals surface area contributed by atoms with Crippen LogP contribution in [0.2, 0.25) is 0 Å². The molecule has 0 amide bonds. The van der Waals surface area contributed by atoms with Gasteiger partial charge >= 0.3 is 5.97 Å². The van der Waals surface area contributed by atoms with E-state index < -0.39 is 22.7 Å². The van der Waals surface area contributed by atoms with E-state index in [9.17, 15) is 9.90 Å². The highest BCUT2D eigenvalue weighted by molar-refractivity contribution is 5.83. The van der Waals surface area contributed by atoms with Gasteiger partial charge in [-0.3, -0.25) is 4.79 Å². The monoisotopic (exact) mass is 346 g/mol. The number of aliphatic hydroxyl groups excluding tert-OH is 1. The quantitative estimate of drug-likeness (QED) is 0.623. The molecule has 136 valence electrons. The predicted octanol–water partition coefficient (Wildman–Crippen LogP) is 3.37. The second kappa shape index (κ2) is 4.49. The topological polar surface area (TPSA) is 72.2 Å². The first-order valence-corrected chi connectivity index (χ1v) is 9.42.